The highest BCUT2D eigenvalue weighted by atomic mass is 35.5. The van der Waals surface area contributed by atoms with Crippen LogP contribution in [0.4, 0.5) is 11.5 Å². The summed E-state index contributed by atoms with van der Waals surface area (Å²) < 4.78 is 0. The van der Waals surface area contributed by atoms with Crippen molar-refractivity contribution in [3.63, 3.8) is 0 Å². The zero-order chi connectivity index (χ0) is 16.2. The molecule has 0 spiro atoms. The Labute approximate surface area is 144 Å². The number of carbonyl (C=O) groups excluding carboxylic acids is 1. The van der Waals surface area contributed by atoms with Gasteiger partial charge >= 0.3 is 0 Å². The van der Waals surface area contributed by atoms with Crippen LogP contribution >= 0.6 is 23.2 Å². The van der Waals surface area contributed by atoms with Crippen LogP contribution in [0.3, 0.4) is 0 Å². The van der Waals surface area contributed by atoms with Gasteiger partial charge in [0.25, 0.3) is 5.91 Å². The van der Waals surface area contributed by atoms with Crippen molar-refractivity contribution in [2.24, 2.45) is 0 Å². The molecule has 5 nitrogen and oxygen atoms in total. The van der Waals surface area contributed by atoms with Crippen LogP contribution in [0, 0.1) is 0 Å². The molecule has 2 aromatic rings. The third-order valence-electron chi connectivity index (χ3n) is 3.77. The molecule has 7 heteroatoms. The SMILES string of the molecule is O=C(Nc1c(Cl)cccc1Cl)c1cc(N2CCCCC2)ncn1. The molecule has 2 heterocycles. The van der Waals surface area contributed by atoms with Crippen molar-refractivity contribution in [2.45, 2.75) is 19.3 Å². The molecule has 0 unspecified atom stereocenters. The maximum Gasteiger partial charge on any atom is 0.274 e. The number of piperidine rings is 1. The lowest BCUT2D eigenvalue weighted by atomic mass is 10.1. The van der Waals surface area contributed by atoms with E-state index in [4.69, 9.17) is 23.2 Å². The first-order valence-electron chi connectivity index (χ1n) is 7.47. The molecule has 0 bridgehead atoms. The summed E-state index contributed by atoms with van der Waals surface area (Å²) in [5.74, 6) is 0.413. The van der Waals surface area contributed by atoms with E-state index in [1.54, 1.807) is 24.3 Å². The summed E-state index contributed by atoms with van der Waals surface area (Å²) in [5.41, 5.74) is 0.676. The van der Waals surface area contributed by atoms with E-state index in [1.807, 2.05) is 0 Å². The molecule has 0 atom stereocenters. The van der Waals surface area contributed by atoms with Gasteiger partial charge in [0.2, 0.25) is 0 Å². The maximum absolute atomic E-state index is 12.4. The maximum atomic E-state index is 12.4. The highest BCUT2D eigenvalue weighted by Crippen LogP contribution is 2.30. The number of nitrogens with one attached hydrogen (secondary N) is 1. The predicted octanol–water partition coefficient (Wildman–Crippen LogP) is 4.03. The van der Waals surface area contributed by atoms with Gasteiger partial charge in [-0.05, 0) is 31.4 Å². The molecule has 0 aliphatic carbocycles. The molecular weight excluding hydrogens is 335 g/mol. The third-order valence-corrected chi connectivity index (χ3v) is 4.40. The smallest absolute Gasteiger partial charge is 0.274 e. The molecule has 1 amide bonds. The Balaban J connectivity index is 1.80. The molecule has 1 aliphatic rings. The average molecular weight is 351 g/mol. The van der Waals surface area contributed by atoms with Gasteiger partial charge in [-0.3, -0.25) is 4.79 Å². The zero-order valence-electron chi connectivity index (χ0n) is 12.4. The first-order chi connectivity index (χ1) is 11.1. The molecule has 1 aromatic heterocycles. The fourth-order valence-corrected chi connectivity index (χ4v) is 3.05. The topological polar surface area (TPSA) is 58.1 Å². The number of nitrogens with zero attached hydrogens (tertiary/aromatic N) is 3. The highest BCUT2D eigenvalue weighted by molar-refractivity contribution is 6.40. The van der Waals surface area contributed by atoms with Crippen molar-refractivity contribution in [2.75, 3.05) is 23.3 Å². The predicted molar refractivity (Wildman–Crippen MR) is 92.5 cm³/mol. The number of benzene rings is 1. The fourth-order valence-electron chi connectivity index (χ4n) is 2.56. The lowest BCUT2D eigenvalue weighted by Gasteiger charge is -2.27. The van der Waals surface area contributed by atoms with E-state index in [0.29, 0.717) is 15.7 Å². The minimum atomic E-state index is -0.361. The molecule has 0 saturated carbocycles. The summed E-state index contributed by atoms with van der Waals surface area (Å²) in [5, 5.41) is 3.48. The Morgan fingerprint density at radius 3 is 2.48 bits per heavy atom. The van der Waals surface area contributed by atoms with Gasteiger partial charge in [-0.1, -0.05) is 29.3 Å². The van der Waals surface area contributed by atoms with Crippen molar-refractivity contribution in [1.82, 2.24) is 9.97 Å². The van der Waals surface area contributed by atoms with E-state index in [-0.39, 0.29) is 11.6 Å². The first kappa shape index (κ1) is 16.0. The molecule has 0 radical (unpaired) electrons. The third kappa shape index (κ3) is 3.74. The fraction of sp³-hybridized carbons (Fsp3) is 0.312. The lowest BCUT2D eigenvalue weighted by Crippen LogP contribution is -2.30. The standard InChI is InChI=1S/C16H16Cl2N4O/c17-11-5-4-6-12(18)15(11)21-16(23)13-9-14(20-10-19-13)22-7-2-1-3-8-22/h4-6,9-10H,1-3,7-8H2,(H,21,23). The van der Waals surface area contributed by atoms with Crippen molar-refractivity contribution < 1.29 is 4.79 Å². The van der Waals surface area contributed by atoms with E-state index in [9.17, 15) is 4.79 Å². The number of carbonyl (C=O) groups is 1. The Kier molecular flexibility index (Phi) is 4.98. The number of hydrogen-bond donors (Lipinski definition) is 1. The number of rotatable bonds is 3. The van der Waals surface area contributed by atoms with Gasteiger partial charge in [0, 0.05) is 19.2 Å². The molecule has 23 heavy (non-hydrogen) atoms. The summed E-state index contributed by atoms with van der Waals surface area (Å²) in [4.78, 5) is 22.9. The quantitative estimate of drug-likeness (QED) is 0.907. The van der Waals surface area contributed by atoms with Gasteiger partial charge in [-0.15, -0.1) is 0 Å². The van der Waals surface area contributed by atoms with Crippen molar-refractivity contribution >= 4 is 40.6 Å². The summed E-state index contributed by atoms with van der Waals surface area (Å²) in [6, 6.07) is 6.76. The Morgan fingerprint density at radius 1 is 1.09 bits per heavy atom. The number of para-hydroxylation sites is 1. The number of aromatic nitrogens is 2. The van der Waals surface area contributed by atoms with Crippen LogP contribution in [-0.4, -0.2) is 29.0 Å². The minimum absolute atomic E-state index is 0.288. The summed E-state index contributed by atoms with van der Waals surface area (Å²) >= 11 is 12.1. The second-order valence-electron chi connectivity index (χ2n) is 5.36. The van der Waals surface area contributed by atoms with Crippen molar-refractivity contribution in [3.05, 3.63) is 46.3 Å². The number of amides is 1. The number of halogens is 2. The van der Waals surface area contributed by atoms with Gasteiger partial charge < -0.3 is 10.2 Å². The molecule has 1 fully saturated rings. The summed E-state index contributed by atoms with van der Waals surface area (Å²) in [6.07, 6.45) is 4.93. The first-order valence-corrected chi connectivity index (χ1v) is 8.23. The highest BCUT2D eigenvalue weighted by Gasteiger charge is 2.17. The second-order valence-corrected chi connectivity index (χ2v) is 6.17. The lowest BCUT2D eigenvalue weighted by molar-refractivity contribution is 0.102. The van der Waals surface area contributed by atoms with Gasteiger partial charge in [-0.25, -0.2) is 9.97 Å². The van der Waals surface area contributed by atoms with Crippen LogP contribution < -0.4 is 10.2 Å². The Hall–Kier alpha value is -1.85. The van der Waals surface area contributed by atoms with E-state index in [0.717, 1.165) is 31.7 Å². The molecule has 120 valence electrons. The molecule has 1 aromatic carbocycles. The molecule has 3 rings (SSSR count). The zero-order valence-corrected chi connectivity index (χ0v) is 13.9. The van der Waals surface area contributed by atoms with Crippen LogP contribution in [0.15, 0.2) is 30.6 Å². The number of hydrogen-bond acceptors (Lipinski definition) is 4. The van der Waals surface area contributed by atoms with Gasteiger partial charge in [0.05, 0.1) is 15.7 Å². The largest absolute Gasteiger partial charge is 0.357 e. The Morgan fingerprint density at radius 2 is 1.78 bits per heavy atom. The molecule has 1 N–H and O–H groups in total. The minimum Gasteiger partial charge on any atom is -0.357 e. The van der Waals surface area contributed by atoms with E-state index < -0.39 is 0 Å². The monoisotopic (exact) mass is 350 g/mol. The van der Waals surface area contributed by atoms with E-state index in [2.05, 4.69) is 20.2 Å². The number of anilines is 2. The van der Waals surface area contributed by atoms with Crippen LogP contribution in [0.5, 0.6) is 0 Å². The normalized spacial score (nSPS) is 14.6. The van der Waals surface area contributed by atoms with Gasteiger partial charge in [0.15, 0.2) is 0 Å². The average Bonchev–Trinajstić information content (AvgIpc) is 2.59. The molecule has 1 saturated heterocycles. The van der Waals surface area contributed by atoms with E-state index >= 15 is 0 Å². The van der Waals surface area contributed by atoms with Crippen LogP contribution in [0.1, 0.15) is 29.8 Å². The summed E-state index contributed by atoms with van der Waals surface area (Å²) in [7, 11) is 0. The van der Waals surface area contributed by atoms with Gasteiger partial charge in [0.1, 0.15) is 17.8 Å². The summed E-state index contributed by atoms with van der Waals surface area (Å²) in [6.45, 7) is 1.91. The van der Waals surface area contributed by atoms with Crippen molar-refractivity contribution in [1.29, 1.82) is 0 Å². The van der Waals surface area contributed by atoms with E-state index in [1.165, 1.54) is 12.7 Å². The molecule has 1 aliphatic heterocycles. The second kappa shape index (κ2) is 7.15. The van der Waals surface area contributed by atoms with Crippen LogP contribution in [-0.2, 0) is 0 Å². The van der Waals surface area contributed by atoms with Gasteiger partial charge in [-0.2, -0.15) is 0 Å². The van der Waals surface area contributed by atoms with Crippen LogP contribution in [0.2, 0.25) is 10.0 Å². The van der Waals surface area contributed by atoms with Crippen molar-refractivity contribution in [3.8, 4) is 0 Å². The van der Waals surface area contributed by atoms with Crippen LogP contribution in [0.25, 0.3) is 0 Å². The molecular formula is C16H16Cl2N4O. The Bertz CT molecular complexity index is 697.